The molecular weight excluding hydrogens is 324 g/mol. The van der Waals surface area contributed by atoms with Crippen LogP contribution in [-0.2, 0) is 30.3 Å². The van der Waals surface area contributed by atoms with Crippen LogP contribution in [0.25, 0.3) is 0 Å². The Labute approximate surface area is 138 Å². The Morgan fingerprint density at radius 3 is 1.83 bits per heavy atom. The van der Waals surface area contributed by atoms with Gasteiger partial charge in [0.25, 0.3) is 0 Å². The van der Waals surface area contributed by atoms with Gasteiger partial charge in [0.2, 0.25) is 11.4 Å². The van der Waals surface area contributed by atoms with Gasteiger partial charge < -0.3 is 14.8 Å². The molecule has 0 spiro atoms. The molecule has 0 bridgehead atoms. The lowest BCUT2D eigenvalue weighted by atomic mass is 9.90. The standard InChI is InChI=1S/C16H19F2NO5/c1-4-23-14(21)16(19-10(3)20,15(22)24-5-2)9-11-6-12(17)8-13(18)7-11/h6-8H,4-5,9H2,1-3H3,(H,19,20). The summed E-state index contributed by atoms with van der Waals surface area (Å²) in [6.07, 6.45) is -0.515. The molecule has 0 radical (unpaired) electrons. The zero-order valence-electron chi connectivity index (χ0n) is 13.7. The molecule has 1 rings (SSSR count). The van der Waals surface area contributed by atoms with Gasteiger partial charge in [-0.15, -0.1) is 0 Å². The third-order valence-electron chi connectivity index (χ3n) is 3.03. The Morgan fingerprint density at radius 1 is 1.00 bits per heavy atom. The first-order chi connectivity index (χ1) is 11.2. The quantitative estimate of drug-likeness (QED) is 0.599. The van der Waals surface area contributed by atoms with Gasteiger partial charge in [0.15, 0.2) is 0 Å². The number of benzene rings is 1. The van der Waals surface area contributed by atoms with E-state index in [0.717, 1.165) is 19.1 Å². The number of amides is 1. The van der Waals surface area contributed by atoms with Gasteiger partial charge in [0.1, 0.15) is 11.6 Å². The maximum absolute atomic E-state index is 13.4. The van der Waals surface area contributed by atoms with Crippen LogP contribution < -0.4 is 5.32 Å². The first-order valence-corrected chi connectivity index (χ1v) is 7.33. The highest BCUT2D eigenvalue weighted by atomic mass is 19.1. The van der Waals surface area contributed by atoms with E-state index in [1.54, 1.807) is 0 Å². The summed E-state index contributed by atoms with van der Waals surface area (Å²) in [6, 6.07) is 2.56. The Morgan fingerprint density at radius 2 is 1.46 bits per heavy atom. The fourth-order valence-electron chi connectivity index (χ4n) is 2.20. The van der Waals surface area contributed by atoms with E-state index in [-0.39, 0.29) is 18.8 Å². The van der Waals surface area contributed by atoms with Gasteiger partial charge in [-0.1, -0.05) is 0 Å². The van der Waals surface area contributed by atoms with Crippen LogP contribution in [0.4, 0.5) is 8.78 Å². The third-order valence-corrected chi connectivity index (χ3v) is 3.03. The molecule has 0 aromatic heterocycles. The second kappa shape index (κ2) is 8.37. The molecule has 0 aliphatic rings. The summed E-state index contributed by atoms with van der Waals surface area (Å²) in [5.41, 5.74) is -2.24. The van der Waals surface area contributed by atoms with E-state index in [4.69, 9.17) is 9.47 Å². The minimum absolute atomic E-state index is 0.0117. The predicted molar refractivity (Wildman–Crippen MR) is 79.9 cm³/mol. The van der Waals surface area contributed by atoms with Gasteiger partial charge in [0.05, 0.1) is 13.2 Å². The fourth-order valence-corrected chi connectivity index (χ4v) is 2.20. The largest absolute Gasteiger partial charge is 0.464 e. The van der Waals surface area contributed by atoms with Gasteiger partial charge in [0, 0.05) is 19.4 Å². The zero-order valence-corrected chi connectivity index (χ0v) is 13.7. The summed E-state index contributed by atoms with van der Waals surface area (Å²) in [5.74, 6) is -4.59. The van der Waals surface area contributed by atoms with Crippen molar-refractivity contribution in [3.05, 3.63) is 35.4 Å². The van der Waals surface area contributed by atoms with Crippen LogP contribution in [-0.4, -0.2) is 36.6 Å². The minimum Gasteiger partial charge on any atom is -0.464 e. The van der Waals surface area contributed by atoms with Crippen LogP contribution in [0.2, 0.25) is 0 Å². The highest BCUT2D eigenvalue weighted by molar-refractivity contribution is 6.08. The summed E-state index contributed by atoms with van der Waals surface area (Å²) in [4.78, 5) is 36.3. The molecule has 1 aromatic carbocycles. The number of nitrogens with one attached hydrogen (secondary N) is 1. The molecule has 0 saturated carbocycles. The Kier molecular flexibility index (Phi) is 6.82. The molecule has 0 aliphatic carbocycles. The van der Waals surface area contributed by atoms with E-state index in [1.807, 2.05) is 0 Å². The number of carbonyl (C=O) groups excluding carboxylic acids is 3. The van der Waals surface area contributed by atoms with Gasteiger partial charge in [-0.25, -0.2) is 18.4 Å². The van der Waals surface area contributed by atoms with E-state index in [9.17, 15) is 23.2 Å². The summed E-state index contributed by atoms with van der Waals surface area (Å²) >= 11 is 0. The molecule has 0 saturated heterocycles. The summed E-state index contributed by atoms with van der Waals surface area (Å²) < 4.78 is 36.5. The van der Waals surface area contributed by atoms with Crippen LogP contribution >= 0.6 is 0 Å². The van der Waals surface area contributed by atoms with Crippen molar-refractivity contribution in [2.75, 3.05) is 13.2 Å². The number of hydrogen-bond acceptors (Lipinski definition) is 5. The van der Waals surface area contributed by atoms with Crippen LogP contribution in [0.5, 0.6) is 0 Å². The molecule has 0 heterocycles. The molecule has 24 heavy (non-hydrogen) atoms. The smallest absolute Gasteiger partial charge is 0.344 e. The van der Waals surface area contributed by atoms with Gasteiger partial charge >= 0.3 is 11.9 Å². The molecule has 132 valence electrons. The Balaban J connectivity index is 3.38. The minimum atomic E-state index is -2.22. The van der Waals surface area contributed by atoms with Crippen molar-refractivity contribution in [3.8, 4) is 0 Å². The van der Waals surface area contributed by atoms with E-state index in [1.165, 1.54) is 13.8 Å². The number of rotatable bonds is 7. The normalized spacial score (nSPS) is 10.9. The number of halogens is 2. The molecule has 0 atom stereocenters. The average molecular weight is 343 g/mol. The lowest BCUT2D eigenvalue weighted by Gasteiger charge is -2.29. The Bertz CT molecular complexity index is 595. The zero-order chi connectivity index (χ0) is 18.3. The second-order valence-electron chi connectivity index (χ2n) is 4.98. The van der Waals surface area contributed by atoms with Crippen molar-refractivity contribution in [3.63, 3.8) is 0 Å². The fraction of sp³-hybridized carbons (Fsp3) is 0.438. The van der Waals surface area contributed by atoms with Crippen LogP contribution in [0.1, 0.15) is 26.3 Å². The van der Waals surface area contributed by atoms with E-state index < -0.39 is 41.4 Å². The first kappa shape index (κ1) is 19.5. The molecule has 0 fully saturated rings. The average Bonchev–Trinajstić information content (AvgIpc) is 2.45. The number of esters is 2. The van der Waals surface area contributed by atoms with Crippen molar-refractivity contribution < 1.29 is 32.6 Å². The summed E-state index contributed by atoms with van der Waals surface area (Å²) in [7, 11) is 0. The van der Waals surface area contributed by atoms with Gasteiger partial charge in [-0.2, -0.15) is 0 Å². The highest BCUT2D eigenvalue weighted by Gasteiger charge is 2.50. The summed E-state index contributed by atoms with van der Waals surface area (Å²) in [6.45, 7) is 4.01. The Hall–Kier alpha value is -2.51. The van der Waals surface area contributed by atoms with Gasteiger partial charge in [-0.3, -0.25) is 4.79 Å². The lowest BCUT2D eigenvalue weighted by molar-refractivity contribution is -0.168. The van der Waals surface area contributed by atoms with E-state index >= 15 is 0 Å². The van der Waals surface area contributed by atoms with Crippen LogP contribution in [0, 0.1) is 11.6 Å². The van der Waals surface area contributed by atoms with Crippen molar-refractivity contribution in [2.45, 2.75) is 32.7 Å². The SMILES string of the molecule is CCOC(=O)C(Cc1cc(F)cc(F)c1)(NC(C)=O)C(=O)OCC. The molecule has 6 nitrogen and oxygen atoms in total. The second-order valence-corrected chi connectivity index (χ2v) is 4.98. The van der Waals surface area contributed by atoms with Crippen molar-refractivity contribution in [1.82, 2.24) is 5.32 Å². The molecule has 0 aliphatic heterocycles. The highest BCUT2D eigenvalue weighted by Crippen LogP contribution is 2.20. The molecule has 1 aromatic rings. The summed E-state index contributed by atoms with van der Waals surface area (Å²) in [5, 5.41) is 2.22. The topological polar surface area (TPSA) is 81.7 Å². The number of hydrogen-bond donors (Lipinski definition) is 1. The lowest BCUT2D eigenvalue weighted by Crippen LogP contribution is -2.62. The molecule has 1 N–H and O–H groups in total. The first-order valence-electron chi connectivity index (χ1n) is 7.33. The van der Waals surface area contributed by atoms with Crippen molar-refractivity contribution in [1.29, 1.82) is 0 Å². The third kappa shape index (κ3) is 4.74. The van der Waals surface area contributed by atoms with Gasteiger partial charge in [-0.05, 0) is 31.5 Å². The maximum Gasteiger partial charge on any atom is 0.344 e. The monoisotopic (exact) mass is 343 g/mol. The molecule has 1 amide bonds. The van der Waals surface area contributed by atoms with Crippen LogP contribution in [0.15, 0.2) is 18.2 Å². The van der Waals surface area contributed by atoms with Crippen molar-refractivity contribution in [2.24, 2.45) is 0 Å². The predicted octanol–water partition coefficient (Wildman–Crippen LogP) is 1.51. The molecular formula is C16H19F2NO5. The number of carbonyl (C=O) groups is 3. The van der Waals surface area contributed by atoms with Crippen LogP contribution in [0.3, 0.4) is 0 Å². The number of ether oxygens (including phenoxy) is 2. The molecule has 8 heteroatoms. The van der Waals surface area contributed by atoms with E-state index in [2.05, 4.69) is 5.32 Å². The maximum atomic E-state index is 13.4. The van der Waals surface area contributed by atoms with E-state index in [0.29, 0.717) is 6.07 Å². The molecule has 0 unspecified atom stereocenters. The van der Waals surface area contributed by atoms with Crippen molar-refractivity contribution >= 4 is 17.8 Å².